The second-order valence-electron chi connectivity index (χ2n) is 5.55. The molecule has 1 fully saturated rings. The third-order valence-corrected chi connectivity index (χ3v) is 4.07. The van der Waals surface area contributed by atoms with Crippen LogP contribution in [-0.2, 0) is 6.54 Å². The molecule has 0 atom stereocenters. The lowest BCUT2D eigenvalue weighted by atomic mass is 10.2. The van der Waals surface area contributed by atoms with E-state index in [2.05, 4.69) is 35.9 Å². The van der Waals surface area contributed by atoms with Gasteiger partial charge in [-0.15, -0.1) is 0 Å². The molecule has 1 aromatic rings. The van der Waals surface area contributed by atoms with Gasteiger partial charge in [0.15, 0.2) is 0 Å². The van der Waals surface area contributed by atoms with Crippen molar-refractivity contribution in [1.82, 2.24) is 15.2 Å². The second-order valence-corrected chi connectivity index (χ2v) is 5.96. The van der Waals surface area contributed by atoms with Crippen molar-refractivity contribution in [3.05, 3.63) is 22.8 Å². The number of hydrogen-bond donors (Lipinski definition) is 1. The predicted molar refractivity (Wildman–Crippen MR) is 85.5 cm³/mol. The molecule has 0 aromatic carbocycles. The first-order valence-corrected chi connectivity index (χ1v) is 7.84. The summed E-state index contributed by atoms with van der Waals surface area (Å²) in [5.41, 5.74) is 0.941. The number of rotatable bonds is 5. The van der Waals surface area contributed by atoms with Crippen LogP contribution in [0.4, 0.5) is 5.82 Å². The average Bonchev–Trinajstić information content (AvgIpc) is 2.46. The summed E-state index contributed by atoms with van der Waals surface area (Å²) in [6.07, 6.45) is 0. The number of anilines is 1. The summed E-state index contributed by atoms with van der Waals surface area (Å²) in [4.78, 5) is 9.55. The van der Waals surface area contributed by atoms with Crippen molar-refractivity contribution in [2.24, 2.45) is 0 Å². The quantitative estimate of drug-likeness (QED) is 0.904. The highest BCUT2D eigenvalue weighted by Crippen LogP contribution is 2.20. The standard InChI is InChI=1S/C15H25ClN4/c1-4-19-7-9-20(10-8-19)15-6-5-13(16)14(18-15)11-17-12(2)3/h5-6,12,17H,4,7-11H2,1-3H3. The van der Waals surface area contributed by atoms with Crippen molar-refractivity contribution in [3.8, 4) is 0 Å². The van der Waals surface area contributed by atoms with Gasteiger partial charge in [-0.3, -0.25) is 0 Å². The van der Waals surface area contributed by atoms with E-state index in [-0.39, 0.29) is 0 Å². The molecule has 4 nitrogen and oxygen atoms in total. The highest BCUT2D eigenvalue weighted by Gasteiger charge is 2.17. The van der Waals surface area contributed by atoms with E-state index in [1.165, 1.54) is 0 Å². The van der Waals surface area contributed by atoms with Crippen LogP contribution in [0.3, 0.4) is 0 Å². The maximum absolute atomic E-state index is 6.23. The predicted octanol–water partition coefficient (Wildman–Crippen LogP) is 2.37. The number of halogens is 1. The van der Waals surface area contributed by atoms with Crippen molar-refractivity contribution in [1.29, 1.82) is 0 Å². The molecule has 0 aliphatic carbocycles. The molecule has 1 aliphatic heterocycles. The molecular formula is C15H25ClN4. The molecule has 2 rings (SSSR count). The Balaban J connectivity index is 2.03. The monoisotopic (exact) mass is 296 g/mol. The summed E-state index contributed by atoms with van der Waals surface area (Å²) < 4.78 is 0. The Hall–Kier alpha value is -0.840. The van der Waals surface area contributed by atoms with Crippen LogP contribution >= 0.6 is 11.6 Å². The molecule has 1 aliphatic rings. The Morgan fingerprint density at radius 2 is 1.95 bits per heavy atom. The van der Waals surface area contributed by atoms with Crippen molar-refractivity contribution in [2.75, 3.05) is 37.6 Å². The first-order valence-electron chi connectivity index (χ1n) is 7.46. The molecule has 0 radical (unpaired) electrons. The zero-order valence-corrected chi connectivity index (χ0v) is 13.5. The highest BCUT2D eigenvalue weighted by atomic mass is 35.5. The van der Waals surface area contributed by atoms with Crippen LogP contribution in [0.25, 0.3) is 0 Å². The zero-order chi connectivity index (χ0) is 14.5. The molecule has 0 amide bonds. The fraction of sp³-hybridized carbons (Fsp3) is 0.667. The van der Waals surface area contributed by atoms with Gasteiger partial charge >= 0.3 is 0 Å². The van der Waals surface area contributed by atoms with Gasteiger partial charge in [-0.25, -0.2) is 4.98 Å². The molecule has 5 heteroatoms. The Kier molecular flexibility index (Phi) is 5.64. The van der Waals surface area contributed by atoms with Gasteiger partial charge in [-0.1, -0.05) is 32.4 Å². The van der Waals surface area contributed by atoms with Gasteiger partial charge in [0.1, 0.15) is 5.82 Å². The Bertz CT molecular complexity index is 428. The third-order valence-electron chi connectivity index (χ3n) is 3.73. The van der Waals surface area contributed by atoms with Gasteiger partial charge in [-0.2, -0.15) is 0 Å². The van der Waals surface area contributed by atoms with E-state index in [4.69, 9.17) is 16.6 Å². The minimum absolute atomic E-state index is 0.435. The molecule has 112 valence electrons. The summed E-state index contributed by atoms with van der Waals surface area (Å²) in [5.74, 6) is 1.05. The lowest BCUT2D eigenvalue weighted by Crippen LogP contribution is -2.46. The highest BCUT2D eigenvalue weighted by molar-refractivity contribution is 6.31. The third kappa shape index (κ3) is 4.08. The Labute approximate surface area is 127 Å². The van der Waals surface area contributed by atoms with E-state index < -0.39 is 0 Å². The van der Waals surface area contributed by atoms with Gasteiger partial charge < -0.3 is 15.1 Å². The fourth-order valence-corrected chi connectivity index (χ4v) is 2.54. The number of piperazine rings is 1. The van der Waals surface area contributed by atoms with Gasteiger partial charge in [0.2, 0.25) is 0 Å². The number of aromatic nitrogens is 1. The van der Waals surface area contributed by atoms with Crippen LogP contribution in [-0.4, -0.2) is 48.6 Å². The van der Waals surface area contributed by atoms with Gasteiger partial charge in [0, 0.05) is 38.8 Å². The van der Waals surface area contributed by atoms with E-state index >= 15 is 0 Å². The molecule has 0 spiro atoms. The Morgan fingerprint density at radius 3 is 2.55 bits per heavy atom. The normalized spacial score (nSPS) is 16.9. The topological polar surface area (TPSA) is 31.4 Å². The van der Waals surface area contributed by atoms with Crippen LogP contribution in [0.15, 0.2) is 12.1 Å². The Morgan fingerprint density at radius 1 is 1.25 bits per heavy atom. The van der Waals surface area contributed by atoms with Crippen molar-refractivity contribution in [2.45, 2.75) is 33.4 Å². The average molecular weight is 297 g/mol. The van der Waals surface area contributed by atoms with Gasteiger partial charge in [0.05, 0.1) is 10.7 Å². The summed E-state index contributed by atoms with van der Waals surface area (Å²) in [6.45, 7) is 12.6. The zero-order valence-electron chi connectivity index (χ0n) is 12.7. The van der Waals surface area contributed by atoms with E-state index in [1.807, 2.05) is 12.1 Å². The van der Waals surface area contributed by atoms with E-state index in [0.717, 1.165) is 55.8 Å². The molecular weight excluding hydrogens is 272 g/mol. The van der Waals surface area contributed by atoms with Crippen molar-refractivity contribution < 1.29 is 0 Å². The van der Waals surface area contributed by atoms with Crippen LogP contribution in [0, 0.1) is 0 Å². The van der Waals surface area contributed by atoms with Crippen LogP contribution in [0.5, 0.6) is 0 Å². The van der Waals surface area contributed by atoms with E-state index in [0.29, 0.717) is 6.04 Å². The van der Waals surface area contributed by atoms with Crippen molar-refractivity contribution >= 4 is 17.4 Å². The van der Waals surface area contributed by atoms with Crippen molar-refractivity contribution in [3.63, 3.8) is 0 Å². The number of nitrogens with one attached hydrogen (secondary N) is 1. The van der Waals surface area contributed by atoms with Crippen LogP contribution in [0.1, 0.15) is 26.5 Å². The molecule has 0 bridgehead atoms. The summed E-state index contributed by atoms with van der Waals surface area (Å²) in [6, 6.07) is 4.43. The maximum Gasteiger partial charge on any atom is 0.129 e. The lowest BCUT2D eigenvalue weighted by molar-refractivity contribution is 0.270. The maximum atomic E-state index is 6.23. The minimum atomic E-state index is 0.435. The number of pyridine rings is 1. The first kappa shape index (κ1) is 15.5. The SMILES string of the molecule is CCN1CCN(c2ccc(Cl)c(CNC(C)C)n2)CC1. The molecule has 1 N–H and O–H groups in total. The largest absolute Gasteiger partial charge is 0.354 e. The van der Waals surface area contributed by atoms with Gasteiger partial charge in [-0.05, 0) is 18.7 Å². The van der Waals surface area contributed by atoms with E-state index in [9.17, 15) is 0 Å². The fourth-order valence-electron chi connectivity index (χ4n) is 2.37. The second kappa shape index (κ2) is 7.25. The summed E-state index contributed by atoms with van der Waals surface area (Å²) in [5, 5.41) is 4.12. The summed E-state index contributed by atoms with van der Waals surface area (Å²) in [7, 11) is 0. The molecule has 0 unspecified atom stereocenters. The van der Waals surface area contributed by atoms with Crippen LogP contribution < -0.4 is 10.2 Å². The molecule has 0 saturated carbocycles. The minimum Gasteiger partial charge on any atom is -0.354 e. The lowest BCUT2D eigenvalue weighted by Gasteiger charge is -2.35. The molecule has 1 aromatic heterocycles. The molecule has 2 heterocycles. The van der Waals surface area contributed by atoms with Gasteiger partial charge in [0.25, 0.3) is 0 Å². The number of hydrogen-bond acceptors (Lipinski definition) is 4. The smallest absolute Gasteiger partial charge is 0.129 e. The summed E-state index contributed by atoms with van der Waals surface area (Å²) >= 11 is 6.23. The van der Waals surface area contributed by atoms with Crippen LogP contribution in [0.2, 0.25) is 5.02 Å². The molecule has 20 heavy (non-hydrogen) atoms. The molecule has 1 saturated heterocycles. The van der Waals surface area contributed by atoms with E-state index in [1.54, 1.807) is 0 Å². The first-order chi connectivity index (χ1) is 9.60. The number of nitrogens with zero attached hydrogens (tertiary/aromatic N) is 3. The number of likely N-dealkylation sites (N-methyl/N-ethyl adjacent to an activating group) is 1.